The minimum absolute atomic E-state index is 0.699. The molecule has 3 heteroatoms. The predicted molar refractivity (Wildman–Crippen MR) is 47.3 cm³/mol. The van der Waals surface area contributed by atoms with E-state index in [9.17, 15) is 0 Å². The van der Waals surface area contributed by atoms with Gasteiger partial charge in [0, 0.05) is 16.3 Å². The van der Waals surface area contributed by atoms with Gasteiger partial charge in [-0.25, -0.2) is 0 Å². The van der Waals surface area contributed by atoms with Crippen LogP contribution in [0.4, 0.5) is 11.4 Å². The Kier molecular flexibility index (Phi) is 1.76. The molecule has 2 nitrogen and oxygen atoms in total. The first-order valence-electron chi connectivity index (χ1n) is 2.96. The van der Waals surface area contributed by atoms with Gasteiger partial charge in [-0.1, -0.05) is 0 Å². The van der Waals surface area contributed by atoms with E-state index in [1.54, 1.807) is 12.1 Å². The highest BCUT2D eigenvalue weighted by Crippen LogP contribution is 2.22. The molecule has 54 valence electrons. The topological polar surface area (TPSA) is 52.0 Å². The van der Waals surface area contributed by atoms with Crippen LogP contribution in [0.25, 0.3) is 0 Å². The van der Waals surface area contributed by atoms with E-state index in [2.05, 4.69) is 12.6 Å². The fraction of sp³-hybridized carbons (Fsp3) is 0.143. The van der Waals surface area contributed by atoms with Crippen molar-refractivity contribution in [1.29, 1.82) is 0 Å². The van der Waals surface area contributed by atoms with Crippen molar-refractivity contribution in [2.75, 3.05) is 11.5 Å². The second-order valence-corrected chi connectivity index (χ2v) is 2.77. The van der Waals surface area contributed by atoms with Crippen molar-refractivity contribution in [3.05, 3.63) is 17.7 Å². The molecule has 0 saturated carbocycles. The predicted octanol–water partition coefficient (Wildman–Crippen LogP) is 1.45. The lowest BCUT2D eigenvalue weighted by molar-refractivity contribution is 1.39. The lowest BCUT2D eigenvalue weighted by atomic mass is 10.2. The third-order valence-electron chi connectivity index (χ3n) is 1.47. The van der Waals surface area contributed by atoms with Crippen LogP contribution in [0, 0.1) is 6.92 Å². The molecule has 0 aliphatic heterocycles. The van der Waals surface area contributed by atoms with Crippen LogP contribution in [0.15, 0.2) is 17.0 Å². The highest BCUT2D eigenvalue weighted by atomic mass is 32.1. The molecule has 1 aromatic rings. The lowest BCUT2D eigenvalue weighted by Crippen LogP contribution is -1.95. The molecular weight excluding hydrogens is 144 g/mol. The summed E-state index contributed by atoms with van der Waals surface area (Å²) in [6.45, 7) is 1.89. The Morgan fingerprint density at radius 2 is 1.60 bits per heavy atom. The van der Waals surface area contributed by atoms with Crippen LogP contribution in [-0.2, 0) is 0 Å². The Balaban J connectivity index is 3.31. The number of anilines is 2. The maximum absolute atomic E-state index is 5.59. The Hall–Kier alpha value is -0.830. The summed E-state index contributed by atoms with van der Waals surface area (Å²) in [4.78, 5) is 0.806. The molecule has 4 N–H and O–H groups in total. The molecule has 10 heavy (non-hydrogen) atoms. The van der Waals surface area contributed by atoms with Crippen LogP contribution in [0.1, 0.15) is 5.56 Å². The minimum atomic E-state index is 0.699. The third kappa shape index (κ3) is 1.19. The largest absolute Gasteiger partial charge is 0.398 e. The van der Waals surface area contributed by atoms with E-state index in [1.165, 1.54) is 0 Å². The standard InChI is InChI=1S/C7H10N2S/c1-4-6(8)2-5(10)3-7(4)9/h2-3,10H,8-9H2,1H3. The van der Waals surface area contributed by atoms with Crippen molar-refractivity contribution < 1.29 is 0 Å². The summed E-state index contributed by atoms with van der Waals surface area (Å²) in [5.41, 5.74) is 13.5. The zero-order valence-corrected chi connectivity index (χ0v) is 6.65. The number of hydrogen-bond donors (Lipinski definition) is 3. The van der Waals surface area contributed by atoms with Crippen molar-refractivity contribution in [3.8, 4) is 0 Å². The third-order valence-corrected chi connectivity index (χ3v) is 1.73. The van der Waals surface area contributed by atoms with Crippen molar-refractivity contribution in [1.82, 2.24) is 0 Å². The smallest absolute Gasteiger partial charge is 0.0375 e. The summed E-state index contributed by atoms with van der Waals surface area (Å²) in [6.07, 6.45) is 0. The van der Waals surface area contributed by atoms with Gasteiger partial charge in [0.2, 0.25) is 0 Å². The van der Waals surface area contributed by atoms with Gasteiger partial charge in [0.1, 0.15) is 0 Å². The van der Waals surface area contributed by atoms with Crippen LogP contribution in [0.5, 0.6) is 0 Å². The number of hydrogen-bond acceptors (Lipinski definition) is 3. The normalized spacial score (nSPS) is 9.80. The van der Waals surface area contributed by atoms with E-state index in [-0.39, 0.29) is 0 Å². The van der Waals surface area contributed by atoms with Crippen LogP contribution in [-0.4, -0.2) is 0 Å². The van der Waals surface area contributed by atoms with Gasteiger partial charge in [-0.05, 0) is 24.6 Å². The zero-order chi connectivity index (χ0) is 7.72. The van der Waals surface area contributed by atoms with E-state index in [0.717, 1.165) is 10.5 Å². The van der Waals surface area contributed by atoms with Crippen LogP contribution in [0.2, 0.25) is 0 Å². The van der Waals surface area contributed by atoms with E-state index < -0.39 is 0 Å². The summed E-state index contributed by atoms with van der Waals surface area (Å²) < 4.78 is 0. The number of nitrogen functional groups attached to an aromatic ring is 2. The lowest BCUT2D eigenvalue weighted by Gasteiger charge is -2.03. The monoisotopic (exact) mass is 154 g/mol. The minimum Gasteiger partial charge on any atom is -0.398 e. The first-order valence-corrected chi connectivity index (χ1v) is 3.40. The van der Waals surface area contributed by atoms with Gasteiger partial charge >= 0.3 is 0 Å². The SMILES string of the molecule is Cc1c(N)cc(S)cc1N. The fourth-order valence-electron chi connectivity index (χ4n) is 0.743. The second kappa shape index (κ2) is 2.42. The molecule has 0 aliphatic rings. The van der Waals surface area contributed by atoms with Gasteiger partial charge in [0.05, 0.1) is 0 Å². The molecule has 0 atom stereocenters. The summed E-state index contributed by atoms with van der Waals surface area (Å²) in [5.74, 6) is 0. The molecule has 0 fully saturated rings. The average Bonchev–Trinajstić information content (AvgIpc) is 1.82. The number of rotatable bonds is 0. The second-order valence-electron chi connectivity index (χ2n) is 2.25. The maximum atomic E-state index is 5.59. The highest BCUT2D eigenvalue weighted by molar-refractivity contribution is 7.80. The van der Waals surface area contributed by atoms with Gasteiger partial charge in [-0.3, -0.25) is 0 Å². The van der Waals surface area contributed by atoms with Crippen molar-refractivity contribution in [2.24, 2.45) is 0 Å². The quantitative estimate of drug-likeness (QED) is 0.391. The summed E-state index contributed by atoms with van der Waals surface area (Å²) in [7, 11) is 0. The zero-order valence-electron chi connectivity index (χ0n) is 5.76. The summed E-state index contributed by atoms with van der Waals surface area (Å²) in [5, 5.41) is 0. The van der Waals surface area contributed by atoms with Crippen molar-refractivity contribution in [3.63, 3.8) is 0 Å². The molecular formula is C7H10N2S. The fourth-order valence-corrected chi connectivity index (χ4v) is 1.02. The molecule has 0 unspecified atom stereocenters. The molecule has 1 rings (SSSR count). The molecule has 0 bridgehead atoms. The number of thiol groups is 1. The summed E-state index contributed by atoms with van der Waals surface area (Å²) >= 11 is 4.11. The number of benzene rings is 1. The number of nitrogens with two attached hydrogens (primary N) is 2. The Morgan fingerprint density at radius 3 is 2.00 bits per heavy atom. The van der Waals surface area contributed by atoms with Crippen molar-refractivity contribution >= 4 is 24.0 Å². The Labute approximate surface area is 65.6 Å². The maximum Gasteiger partial charge on any atom is 0.0375 e. The Bertz CT molecular complexity index is 235. The first kappa shape index (κ1) is 7.28. The van der Waals surface area contributed by atoms with Gasteiger partial charge < -0.3 is 11.5 Å². The molecule has 0 saturated heterocycles. The molecule has 0 aromatic heterocycles. The molecule has 0 aliphatic carbocycles. The summed E-state index contributed by atoms with van der Waals surface area (Å²) in [6, 6.07) is 3.57. The van der Waals surface area contributed by atoms with Crippen LogP contribution >= 0.6 is 12.6 Å². The highest BCUT2D eigenvalue weighted by Gasteiger charge is 1.98. The molecule has 1 aromatic carbocycles. The molecule has 0 spiro atoms. The van der Waals surface area contributed by atoms with E-state index in [1.807, 2.05) is 6.92 Å². The van der Waals surface area contributed by atoms with Crippen LogP contribution in [0.3, 0.4) is 0 Å². The molecule has 0 heterocycles. The molecule has 0 radical (unpaired) electrons. The Morgan fingerprint density at radius 1 is 1.20 bits per heavy atom. The van der Waals surface area contributed by atoms with Gasteiger partial charge in [-0.15, -0.1) is 12.6 Å². The molecule has 0 amide bonds. The van der Waals surface area contributed by atoms with E-state index in [0.29, 0.717) is 11.4 Å². The average molecular weight is 154 g/mol. The van der Waals surface area contributed by atoms with E-state index in [4.69, 9.17) is 11.5 Å². The van der Waals surface area contributed by atoms with Gasteiger partial charge in [-0.2, -0.15) is 0 Å². The van der Waals surface area contributed by atoms with Gasteiger partial charge in [0.25, 0.3) is 0 Å². The van der Waals surface area contributed by atoms with Gasteiger partial charge in [0.15, 0.2) is 0 Å². The van der Waals surface area contributed by atoms with E-state index >= 15 is 0 Å². The first-order chi connectivity index (χ1) is 4.61. The van der Waals surface area contributed by atoms with Crippen LogP contribution < -0.4 is 11.5 Å². The van der Waals surface area contributed by atoms with Crippen molar-refractivity contribution in [2.45, 2.75) is 11.8 Å².